The van der Waals surface area contributed by atoms with Gasteiger partial charge in [-0.15, -0.1) is 0 Å². The van der Waals surface area contributed by atoms with Gasteiger partial charge in [-0.3, -0.25) is 0 Å². The second kappa shape index (κ2) is 4.26. The fourth-order valence-electron chi connectivity index (χ4n) is 1.16. The number of aliphatic hydroxyl groups is 1. The Balaban J connectivity index is 2.91. The van der Waals surface area contributed by atoms with Gasteiger partial charge in [0, 0.05) is 18.0 Å². The highest BCUT2D eigenvalue weighted by Gasteiger charge is 2.20. The second-order valence-corrected chi connectivity index (χ2v) is 4.05. The van der Waals surface area contributed by atoms with E-state index >= 15 is 0 Å². The predicted molar refractivity (Wildman–Crippen MR) is 54.8 cm³/mol. The highest BCUT2D eigenvalue weighted by Crippen LogP contribution is 2.19. The zero-order valence-electron chi connectivity index (χ0n) is 7.93. The lowest BCUT2D eigenvalue weighted by Gasteiger charge is -2.21. The van der Waals surface area contributed by atoms with Crippen LogP contribution in [-0.2, 0) is 6.42 Å². The lowest BCUT2D eigenvalue weighted by molar-refractivity contribution is 0.0687. The van der Waals surface area contributed by atoms with Gasteiger partial charge in [-0.1, -0.05) is 11.6 Å². The lowest BCUT2D eigenvalue weighted by Crippen LogP contribution is -2.36. The molecule has 78 valence electrons. The van der Waals surface area contributed by atoms with Gasteiger partial charge < -0.3 is 10.8 Å². The van der Waals surface area contributed by atoms with Crippen molar-refractivity contribution in [1.82, 2.24) is 0 Å². The molecule has 1 aromatic carbocycles. The molecule has 0 amide bonds. The molecule has 3 N–H and O–H groups in total. The van der Waals surface area contributed by atoms with E-state index in [1.165, 1.54) is 18.2 Å². The van der Waals surface area contributed by atoms with Crippen molar-refractivity contribution in [2.45, 2.75) is 18.9 Å². The van der Waals surface area contributed by atoms with Gasteiger partial charge in [-0.25, -0.2) is 4.39 Å². The third kappa shape index (κ3) is 2.94. The molecule has 0 radical (unpaired) electrons. The minimum atomic E-state index is -1.09. The van der Waals surface area contributed by atoms with Gasteiger partial charge in [0.05, 0.1) is 5.60 Å². The average Bonchev–Trinajstić information content (AvgIpc) is 2.11. The molecule has 0 saturated carbocycles. The van der Waals surface area contributed by atoms with E-state index in [0.717, 1.165) is 0 Å². The summed E-state index contributed by atoms with van der Waals surface area (Å²) in [5.41, 5.74) is 4.63. The Morgan fingerprint density at radius 2 is 2.21 bits per heavy atom. The molecule has 0 fully saturated rings. The topological polar surface area (TPSA) is 46.2 Å². The van der Waals surface area contributed by atoms with Gasteiger partial charge in [0.15, 0.2) is 0 Å². The minimum Gasteiger partial charge on any atom is -0.389 e. The van der Waals surface area contributed by atoms with E-state index in [4.69, 9.17) is 17.3 Å². The molecule has 1 rings (SSSR count). The molecular weight excluding hydrogens is 205 g/mol. The van der Waals surface area contributed by atoms with Gasteiger partial charge in [0.25, 0.3) is 0 Å². The Kier molecular flexibility index (Phi) is 3.48. The molecule has 0 spiro atoms. The van der Waals surface area contributed by atoms with Crippen LogP contribution in [0.3, 0.4) is 0 Å². The summed E-state index contributed by atoms with van der Waals surface area (Å²) in [7, 11) is 0. The Hall–Kier alpha value is -0.640. The van der Waals surface area contributed by atoms with Crippen molar-refractivity contribution in [3.63, 3.8) is 0 Å². The van der Waals surface area contributed by atoms with E-state index < -0.39 is 5.60 Å². The summed E-state index contributed by atoms with van der Waals surface area (Å²) in [5, 5.41) is 10.1. The van der Waals surface area contributed by atoms with Gasteiger partial charge in [-0.2, -0.15) is 0 Å². The number of halogens is 2. The van der Waals surface area contributed by atoms with Crippen LogP contribution < -0.4 is 5.73 Å². The van der Waals surface area contributed by atoms with Crippen molar-refractivity contribution in [3.8, 4) is 0 Å². The van der Waals surface area contributed by atoms with E-state index in [-0.39, 0.29) is 18.8 Å². The molecule has 1 aromatic rings. The summed E-state index contributed by atoms with van der Waals surface area (Å²) < 4.78 is 13.2. The summed E-state index contributed by atoms with van der Waals surface area (Å²) in [4.78, 5) is 0. The van der Waals surface area contributed by atoms with Gasteiger partial charge in [0.1, 0.15) is 5.82 Å². The first-order valence-electron chi connectivity index (χ1n) is 4.31. The molecule has 0 heterocycles. The van der Waals surface area contributed by atoms with Crippen molar-refractivity contribution >= 4 is 11.6 Å². The number of hydrogen-bond donors (Lipinski definition) is 2. The predicted octanol–water partition coefficient (Wildman–Crippen LogP) is 1.73. The highest BCUT2D eigenvalue weighted by molar-refractivity contribution is 6.30. The molecule has 0 aliphatic heterocycles. The van der Waals surface area contributed by atoms with E-state index in [2.05, 4.69) is 0 Å². The number of rotatable bonds is 3. The molecule has 2 nitrogen and oxygen atoms in total. The first-order chi connectivity index (χ1) is 6.44. The van der Waals surface area contributed by atoms with Gasteiger partial charge in [-0.05, 0) is 30.7 Å². The van der Waals surface area contributed by atoms with Crippen LogP contribution in [0.4, 0.5) is 4.39 Å². The zero-order chi connectivity index (χ0) is 10.8. The molecule has 1 atom stereocenters. The molecule has 0 aromatic heterocycles. The van der Waals surface area contributed by atoms with Crippen LogP contribution in [0.5, 0.6) is 0 Å². The summed E-state index contributed by atoms with van der Waals surface area (Å²) >= 11 is 5.71. The van der Waals surface area contributed by atoms with Crippen molar-refractivity contribution in [2.24, 2.45) is 5.73 Å². The molecule has 0 bridgehead atoms. The van der Waals surface area contributed by atoms with E-state index in [0.29, 0.717) is 10.6 Å². The summed E-state index contributed by atoms with van der Waals surface area (Å²) in [5.74, 6) is -0.372. The Bertz CT molecular complexity index is 328. The third-order valence-corrected chi connectivity index (χ3v) is 2.25. The molecule has 0 aliphatic rings. The first kappa shape index (κ1) is 11.4. The second-order valence-electron chi connectivity index (χ2n) is 3.61. The minimum absolute atomic E-state index is 0.0823. The number of benzene rings is 1. The molecule has 14 heavy (non-hydrogen) atoms. The van der Waals surface area contributed by atoms with Crippen LogP contribution in [0.15, 0.2) is 18.2 Å². The fourth-order valence-corrected chi connectivity index (χ4v) is 1.36. The lowest BCUT2D eigenvalue weighted by atomic mass is 9.96. The standard InChI is InChI=1S/C10H13ClFNO/c1-10(14,6-13)5-7-4-8(11)2-3-9(7)12/h2-4,14H,5-6,13H2,1H3. The van der Waals surface area contributed by atoms with E-state index in [9.17, 15) is 9.50 Å². The van der Waals surface area contributed by atoms with Gasteiger partial charge >= 0.3 is 0 Å². The summed E-state index contributed by atoms with van der Waals surface area (Å²) in [6.07, 6.45) is 0.163. The normalized spacial score (nSPS) is 15.2. The summed E-state index contributed by atoms with van der Waals surface area (Å²) in [6, 6.07) is 4.25. The van der Waals surface area contributed by atoms with Crippen LogP contribution in [0, 0.1) is 5.82 Å². The van der Waals surface area contributed by atoms with Crippen LogP contribution in [0.1, 0.15) is 12.5 Å². The summed E-state index contributed by atoms with van der Waals surface area (Å²) in [6.45, 7) is 1.65. The third-order valence-electron chi connectivity index (χ3n) is 2.02. The number of hydrogen-bond acceptors (Lipinski definition) is 2. The molecule has 4 heteroatoms. The molecule has 0 saturated heterocycles. The van der Waals surface area contributed by atoms with E-state index in [1.54, 1.807) is 6.92 Å². The van der Waals surface area contributed by atoms with Crippen molar-refractivity contribution in [3.05, 3.63) is 34.6 Å². The fraction of sp³-hybridized carbons (Fsp3) is 0.400. The Labute approximate surface area is 87.5 Å². The van der Waals surface area contributed by atoms with Crippen LogP contribution in [-0.4, -0.2) is 17.3 Å². The zero-order valence-corrected chi connectivity index (χ0v) is 8.68. The van der Waals surface area contributed by atoms with Crippen molar-refractivity contribution in [1.29, 1.82) is 0 Å². The van der Waals surface area contributed by atoms with E-state index in [1.807, 2.05) is 0 Å². The highest BCUT2D eigenvalue weighted by atomic mass is 35.5. The van der Waals surface area contributed by atoms with Gasteiger partial charge in [0.2, 0.25) is 0 Å². The Morgan fingerprint density at radius 3 is 2.79 bits per heavy atom. The molecule has 1 unspecified atom stereocenters. The molecular formula is C10H13ClFNO. The maximum Gasteiger partial charge on any atom is 0.126 e. The quantitative estimate of drug-likeness (QED) is 0.810. The number of nitrogens with two attached hydrogens (primary N) is 1. The average molecular weight is 218 g/mol. The first-order valence-corrected chi connectivity index (χ1v) is 4.69. The van der Waals surface area contributed by atoms with Crippen LogP contribution in [0.2, 0.25) is 5.02 Å². The Morgan fingerprint density at radius 1 is 1.57 bits per heavy atom. The van der Waals surface area contributed by atoms with Crippen molar-refractivity contribution in [2.75, 3.05) is 6.54 Å². The molecule has 0 aliphatic carbocycles. The van der Waals surface area contributed by atoms with Crippen LogP contribution in [0.25, 0.3) is 0 Å². The largest absolute Gasteiger partial charge is 0.389 e. The van der Waals surface area contributed by atoms with Crippen molar-refractivity contribution < 1.29 is 9.50 Å². The SMILES string of the molecule is CC(O)(CN)Cc1cc(Cl)ccc1F. The monoisotopic (exact) mass is 217 g/mol. The van der Waals surface area contributed by atoms with Crippen LogP contribution >= 0.6 is 11.6 Å². The maximum absolute atomic E-state index is 13.2. The maximum atomic E-state index is 13.2. The smallest absolute Gasteiger partial charge is 0.126 e.